The summed E-state index contributed by atoms with van der Waals surface area (Å²) in [6, 6.07) is 18.4. The first-order chi connectivity index (χ1) is 11.9. The van der Waals surface area contributed by atoms with Crippen LogP contribution in [0.2, 0.25) is 0 Å². The maximum atomic E-state index is 5.49. The zero-order chi connectivity index (χ0) is 18.4. The molecule has 2 aromatic rings. The van der Waals surface area contributed by atoms with Gasteiger partial charge in [-0.05, 0) is 76.4 Å². The molecule has 0 fully saturated rings. The number of hydrogen-bond donors (Lipinski definition) is 0. The van der Waals surface area contributed by atoms with Crippen LogP contribution >= 0.6 is 0 Å². The Morgan fingerprint density at radius 2 is 1.56 bits per heavy atom. The molecular weight excluding hydrogens is 306 g/mol. The summed E-state index contributed by atoms with van der Waals surface area (Å²) < 4.78 is 5.49. The molecule has 0 heterocycles. The third-order valence-electron chi connectivity index (χ3n) is 5.07. The van der Waals surface area contributed by atoms with Crippen LogP contribution in [0.5, 0.6) is 5.75 Å². The van der Waals surface area contributed by atoms with E-state index in [1.807, 2.05) is 0 Å². The van der Waals surface area contributed by atoms with E-state index in [0.29, 0.717) is 18.0 Å². The molecule has 0 aliphatic carbocycles. The van der Waals surface area contributed by atoms with Gasteiger partial charge in [-0.2, -0.15) is 0 Å². The molecule has 0 saturated carbocycles. The summed E-state index contributed by atoms with van der Waals surface area (Å²) in [5.74, 6) is 1.32. The fourth-order valence-electron chi connectivity index (χ4n) is 3.70. The SMILES string of the molecule is COc1ccc(C)c(C(CCN(C(C)C)C(C)C)c2ccccc2)c1. The molecule has 2 aromatic carbocycles. The molecule has 2 rings (SSSR count). The largest absolute Gasteiger partial charge is 0.497 e. The first-order valence-corrected chi connectivity index (χ1v) is 9.39. The second kappa shape index (κ2) is 9.05. The van der Waals surface area contributed by atoms with E-state index in [1.54, 1.807) is 7.11 Å². The van der Waals surface area contributed by atoms with E-state index in [1.165, 1.54) is 16.7 Å². The average molecular weight is 340 g/mol. The zero-order valence-corrected chi connectivity index (χ0v) is 16.6. The number of rotatable bonds is 8. The predicted octanol–water partition coefficient (Wildman–Crippen LogP) is 5.64. The molecule has 2 heteroatoms. The van der Waals surface area contributed by atoms with E-state index in [4.69, 9.17) is 4.74 Å². The number of methoxy groups -OCH3 is 1. The second-order valence-electron chi connectivity index (χ2n) is 7.40. The molecule has 0 aliphatic heterocycles. The minimum atomic E-state index is 0.385. The number of benzene rings is 2. The molecule has 0 aromatic heterocycles. The fourth-order valence-corrected chi connectivity index (χ4v) is 3.70. The molecule has 0 radical (unpaired) electrons. The molecule has 1 unspecified atom stereocenters. The van der Waals surface area contributed by atoms with Crippen molar-refractivity contribution >= 4 is 0 Å². The van der Waals surface area contributed by atoms with Gasteiger partial charge >= 0.3 is 0 Å². The summed E-state index contributed by atoms with van der Waals surface area (Å²) >= 11 is 0. The lowest BCUT2D eigenvalue weighted by molar-refractivity contribution is 0.170. The first-order valence-electron chi connectivity index (χ1n) is 9.39. The van der Waals surface area contributed by atoms with Crippen molar-refractivity contribution in [2.75, 3.05) is 13.7 Å². The number of nitrogens with zero attached hydrogens (tertiary/aromatic N) is 1. The van der Waals surface area contributed by atoms with E-state index in [9.17, 15) is 0 Å². The topological polar surface area (TPSA) is 12.5 Å². The third kappa shape index (κ3) is 5.09. The Morgan fingerprint density at radius 3 is 2.12 bits per heavy atom. The first kappa shape index (κ1) is 19.5. The maximum absolute atomic E-state index is 5.49. The summed E-state index contributed by atoms with van der Waals surface area (Å²) in [7, 11) is 1.74. The van der Waals surface area contributed by atoms with E-state index in [0.717, 1.165) is 18.7 Å². The van der Waals surface area contributed by atoms with Crippen LogP contribution in [0.25, 0.3) is 0 Å². The van der Waals surface area contributed by atoms with Gasteiger partial charge in [0.1, 0.15) is 5.75 Å². The molecule has 0 aliphatic rings. The van der Waals surface area contributed by atoms with Gasteiger partial charge in [0.05, 0.1) is 7.11 Å². The van der Waals surface area contributed by atoms with Gasteiger partial charge in [0.25, 0.3) is 0 Å². The average Bonchev–Trinajstić information content (AvgIpc) is 2.59. The van der Waals surface area contributed by atoms with Crippen LogP contribution in [0, 0.1) is 6.92 Å². The number of ether oxygens (including phenoxy) is 1. The minimum absolute atomic E-state index is 0.385. The normalized spacial score (nSPS) is 12.8. The van der Waals surface area contributed by atoms with Gasteiger partial charge in [0, 0.05) is 18.0 Å². The highest BCUT2D eigenvalue weighted by molar-refractivity contribution is 5.42. The van der Waals surface area contributed by atoms with Crippen LogP contribution in [0.3, 0.4) is 0 Å². The Labute approximate surface area is 153 Å². The van der Waals surface area contributed by atoms with E-state index < -0.39 is 0 Å². The van der Waals surface area contributed by atoms with Gasteiger partial charge in [-0.25, -0.2) is 0 Å². The van der Waals surface area contributed by atoms with Crippen molar-refractivity contribution in [3.63, 3.8) is 0 Å². The van der Waals surface area contributed by atoms with E-state index in [-0.39, 0.29) is 0 Å². The Kier molecular flexibility index (Phi) is 7.07. The van der Waals surface area contributed by atoms with Gasteiger partial charge in [-0.1, -0.05) is 36.4 Å². The second-order valence-corrected chi connectivity index (χ2v) is 7.40. The summed E-state index contributed by atoms with van der Waals surface area (Å²) in [4.78, 5) is 2.57. The van der Waals surface area contributed by atoms with Crippen LogP contribution in [0.15, 0.2) is 48.5 Å². The molecule has 0 bridgehead atoms. The van der Waals surface area contributed by atoms with Crippen LogP contribution in [-0.4, -0.2) is 30.6 Å². The zero-order valence-electron chi connectivity index (χ0n) is 16.6. The Bertz CT molecular complexity index is 640. The number of aryl methyl sites for hydroxylation is 1. The van der Waals surface area contributed by atoms with Gasteiger partial charge in [-0.15, -0.1) is 0 Å². The molecule has 1 atom stereocenters. The summed E-state index contributed by atoms with van der Waals surface area (Å²) in [6.45, 7) is 12.4. The molecule has 0 amide bonds. The Hall–Kier alpha value is -1.80. The predicted molar refractivity (Wildman–Crippen MR) is 108 cm³/mol. The van der Waals surface area contributed by atoms with Crippen molar-refractivity contribution < 1.29 is 4.74 Å². The fraction of sp³-hybridized carbons (Fsp3) is 0.478. The number of hydrogen-bond acceptors (Lipinski definition) is 2. The molecule has 136 valence electrons. The van der Waals surface area contributed by atoms with Crippen LogP contribution in [0.4, 0.5) is 0 Å². The highest BCUT2D eigenvalue weighted by Crippen LogP contribution is 2.33. The summed E-state index contributed by atoms with van der Waals surface area (Å²) in [5.41, 5.74) is 4.08. The summed E-state index contributed by atoms with van der Waals surface area (Å²) in [5, 5.41) is 0. The van der Waals surface area contributed by atoms with Gasteiger partial charge in [0.2, 0.25) is 0 Å². The minimum Gasteiger partial charge on any atom is -0.497 e. The lowest BCUT2D eigenvalue weighted by atomic mass is 9.85. The smallest absolute Gasteiger partial charge is 0.119 e. The molecule has 25 heavy (non-hydrogen) atoms. The van der Waals surface area contributed by atoms with Crippen LogP contribution in [0.1, 0.15) is 56.7 Å². The van der Waals surface area contributed by atoms with Crippen molar-refractivity contribution in [1.82, 2.24) is 4.90 Å². The lowest BCUT2D eigenvalue weighted by Gasteiger charge is -2.32. The van der Waals surface area contributed by atoms with Crippen molar-refractivity contribution in [3.8, 4) is 5.75 Å². The van der Waals surface area contributed by atoms with Gasteiger partial charge in [-0.3, -0.25) is 4.90 Å². The van der Waals surface area contributed by atoms with Gasteiger partial charge < -0.3 is 4.74 Å². The van der Waals surface area contributed by atoms with Crippen molar-refractivity contribution in [2.45, 2.75) is 59.0 Å². The summed E-state index contributed by atoms with van der Waals surface area (Å²) in [6.07, 6.45) is 1.11. The maximum Gasteiger partial charge on any atom is 0.119 e. The quantitative estimate of drug-likeness (QED) is 0.616. The standard InChI is InChI=1S/C23H33NO/c1-17(2)24(18(3)4)15-14-22(20-10-8-7-9-11-20)23-16-21(25-6)13-12-19(23)5/h7-13,16-18,22H,14-15H2,1-6H3. The Balaban J connectivity index is 2.35. The molecule has 0 spiro atoms. The van der Waals surface area contributed by atoms with E-state index >= 15 is 0 Å². The highest BCUT2D eigenvalue weighted by atomic mass is 16.5. The van der Waals surface area contributed by atoms with E-state index in [2.05, 4.69) is 88.0 Å². The monoisotopic (exact) mass is 339 g/mol. The van der Waals surface area contributed by atoms with Crippen LogP contribution < -0.4 is 4.74 Å². The third-order valence-corrected chi connectivity index (χ3v) is 5.07. The lowest BCUT2D eigenvalue weighted by Crippen LogP contribution is -2.38. The Morgan fingerprint density at radius 1 is 0.920 bits per heavy atom. The van der Waals surface area contributed by atoms with Crippen LogP contribution in [-0.2, 0) is 0 Å². The van der Waals surface area contributed by atoms with Crippen molar-refractivity contribution in [3.05, 3.63) is 65.2 Å². The molecular formula is C23H33NO. The molecule has 0 saturated heterocycles. The van der Waals surface area contributed by atoms with Gasteiger partial charge in [0.15, 0.2) is 0 Å². The molecule has 0 N–H and O–H groups in total. The van der Waals surface area contributed by atoms with Crippen molar-refractivity contribution in [1.29, 1.82) is 0 Å². The highest BCUT2D eigenvalue weighted by Gasteiger charge is 2.20. The van der Waals surface area contributed by atoms with Crippen molar-refractivity contribution in [2.24, 2.45) is 0 Å². The molecule has 2 nitrogen and oxygen atoms in total.